The third-order valence-corrected chi connectivity index (χ3v) is 6.88. The number of anilines is 1. The molecule has 0 bridgehead atoms. The Labute approximate surface area is 219 Å². The van der Waals surface area contributed by atoms with Crippen molar-refractivity contribution in [1.29, 1.82) is 0 Å². The lowest BCUT2D eigenvalue weighted by Gasteiger charge is -2.21. The van der Waals surface area contributed by atoms with E-state index in [4.69, 9.17) is 14.2 Å². The van der Waals surface area contributed by atoms with Gasteiger partial charge in [-0.25, -0.2) is 15.0 Å². The highest BCUT2D eigenvalue weighted by molar-refractivity contribution is 5.82. The van der Waals surface area contributed by atoms with E-state index < -0.39 is 31.1 Å². The van der Waals surface area contributed by atoms with Gasteiger partial charge in [0.15, 0.2) is 23.2 Å². The Morgan fingerprint density at radius 2 is 1.68 bits per heavy atom. The number of nitrogens with zero attached hydrogens (tertiary/aromatic N) is 4. The van der Waals surface area contributed by atoms with Crippen LogP contribution in [0.5, 0.6) is 11.5 Å². The SMILES string of the molecule is COc1cc(OC)cc(C(CNc2ncnc3c2ncn3[C@@H]2O[C@H](CO)[C@@H](O)[C@H]2O)c2ccc(C)cc2)c1. The van der Waals surface area contributed by atoms with Crippen LogP contribution in [0.15, 0.2) is 55.1 Å². The highest BCUT2D eigenvalue weighted by Crippen LogP contribution is 2.34. The second-order valence-electron chi connectivity index (χ2n) is 9.27. The van der Waals surface area contributed by atoms with Crippen molar-refractivity contribution in [3.8, 4) is 11.5 Å². The molecule has 0 saturated carbocycles. The smallest absolute Gasteiger partial charge is 0.167 e. The first-order valence-corrected chi connectivity index (χ1v) is 12.3. The third kappa shape index (κ3) is 4.88. The lowest BCUT2D eigenvalue weighted by molar-refractivity contribution is -0.0511. The van der Waals surface area contributed by atoms with E-state index in [0.29, 0.717) is 35.0 Å². The summed E-state index contributed by atoms with van der Waals surface area (Å²) < 4.78 is 18.2. The molecule has 0 amide bonds. The van der Waals surface area contributed by atoms with Crippen molar-refractivity contribution in [1.82, 2.24) is 19.5 Å². The molecule has 5 rings (SSSR count). The Morgan fingerprint density at radius 1 is 0.974 bits per heavy atom. The lowest BCUT2D eigenvalue weighted by Crippen LogP contribution is -2.33. The van der Waals surface area contributed by atoms with Gasteiger partial charge in [0.25, 0.3) is 0 Å². The number of ether oxygens (including phenoxy) is 3. The number of rotatable bonds is 9. The van der Waals surface area contributed by atoms with Crippen LogP contribution in [-0.2, 0) is 4.74 Å². The minimum absolute atomic E-state index is 0.0767. The standard InChI is InChI=1S/C27H31N5O6/c1-15-4-6-16(7-5-15)20(17-8-18(36-2)10-19(9-17)37-3)11-28-25-22-26(30-13-29-25)32(14-31-22)27-24(35)23(34)21(12-33)38-27/h4-10,13-14,20-21,23-24,27,33-35H,11-12H2,1-3H3,(H,28,29,30)/t20?,21-,23-,24-,27-/m1/s1. The van der Waals surface area contributed by atoms with Crippen molar-refractivity contribution in [2.45, 2.75) is 37.4 Å². The Hall–Kier alpha value is -3.77. The van der Waals surface area contributed by atoms with E-state index in [1.54, 1.807) is 14.2 Å². The predicted octanol–water partition coefficient (Wildman–Crippen LogP) is 2.01. The molecule has 1 unspecified atom stereocenters. The third-order valence-electron chi connectivity index (χ3n) is 6.88. The maximum absolute atomic E-state index is 10.5. The Kier molecular flexibility index (Phi) is 7.43. The zero-order valence-corrected chi connectivity index (χ0v) is 21.4. The number of nitrogens with one attached hydrogen (secondary N) is 1. The largest absolute Gasteiger partial charge is 0.497 e. The number of hydrogen-bond acceptors (Lipinski definition) is 10. The van der Waals surface area contributed by atoms with Crippen LogP contribution < -0.4 is 14.8 Å². The summed E-state index contributed by atoms with van der Waals surface area (Å²) in [5.74, 6) is 1.82. The van der Waals surface area contributed by atoms with Crippen molar-refractivity contribution >= 4 is 17.0 Å². The molecule has 2 aromatic carbocycles. The van der Waals surface area contributed by atoms with E-state index in [1.807, 2.05) is 25.1 Å². The van der Waals surface area contributed by atoms with Gasteiger partial charge in [0.1, 0.15) is 36.1 Å². The van der Waals surface area contributed by atoms with Gasteiger partial charge in [0.2, 0.25) is 0 Å². The molecule has 38 heavy (non-hydrogen) atoms. The van der Waals surface area contributed by atoms with Crippen LogP contribution in [0.3, 0.4) is 0 Å². The molecule has 1 aliphatic heterocycles. The van der Waals surface area contributed by atoms with E-state index in [2.05, 4.69) is 44.5 Å². The number of hydrogen-bond donors (Lipinski definition) is 4. The molecule has 11 heteroatoms. The van der Waals surface area contributed by atoms with Gasteiger partial charge in [0, 0.05) is 18.5 Å². The number of fused-ring (bicyclic) bond motifs is 1. The molecular weight excluding hydrogens is 490 g/mol. The van der Waals surface area contributed by atoms with Crippen LogP contribution in [-0.4, -0.2) is 80.5 Å². The van der Waals surface area contributed by atoms with Gasteiger partial charge in [0.05, 0.1) is 27.2 Å². The number of aliphatic hydroxyl groups excluding tert-OH is 3. The fraction of sp³-hybridized carbons (Fsp3) is 0.370. The van der Waals surface area contributed by atoms with Crippen molar-refractivity contribution in [3.63, 3.8) is 0 Å². The molecular formula is C27H31N5O6. The molecule has 11 nitrogen and oxygen atoms in total. The first-order chi connectivity index (χ1) is 18.4. The van der Waals surface area contributed by atoms with E-state index in [-0.39, 0.29) is 5.92 Å². The first kappa shape index (κ1) is 25.9. The maximum atomic E-state index is 10.5. The number of benzene rings is 2. The molecule has 0 spiro atoms. The molecule has 0 radical (unpaired) electrons. The van der Waals surface area contributed by atoms with Gasteiger partial charge in [-0.05, 0) is 30.2 Å². The van der Waals surface area contributed by atoms with Crippen LogP contribution in [0.1, 0.15) is 28.8 Å². The average molecular weight is 522 g/mol. The summed E-state index contributed by atoms with van der Waals surface area (Å²) in [6, 6.07) is 14.2. The van der Waals surface area contributed by atoms with Gasteiger partial charge < -0.3 is 34.8 Å². The maximum Gasteiger partial charge on any atom is 0.167 e. The minimum atomic E-state index is -1.25. The van der Waals surface area contributed by atoms with E-state index >= 15 is 0 Å². The average Bonchev–Trinajstić information content (AvgIpc) is 3.50. The number of aromatic nitrogens is 4. The summed E-state index contributed by atoms with van der Waals surface area (Å²) in [7, 11) is 3.25. The van der Waals surface area contributed by atoms with Crippen molar-refractivity contribution in [3.05, 3.63) is 71.8 Å². The second-order valence-corrected chi connectivity index (χ2v) is 9.27. The van der Waals surface area contributed by atoms with Gasteiger partial charge in [-0.1, -0.05) is 29.8 Å². The molecule has 2 aromatic heterocycles. The molecule has 5 atom stereocenters. The predicted molar refractivity (Wildman–Crippen MR) is 139 cm³/mol. The molecule has 200 valence electrons. The van der Waals surface area contributed by atoms with Crippen molar-refractivity contribution < 1.29 is 29.5 Å². The van der Waals surface area contributed by atoms with Gasteiger partial charge >= 0.3 is 0 Å². The Morgan fingerprint density at radius 3 is 2.32 bits per heavy atom. The Balaban J connectivity index is 1.47. The van der Waals surface area contributed by atoms with Gasteiger partial charge in [-0.2, -0.15) is 0 Å². The normalized spacial score (nSPS) is 21.9. The van der Waals surface area contributed by atoms with Crippen LogP contribution >= 0.6 is 0 Å². The number of aryl methyl sites for hydroxylation is 1. The summed E-state index contributed by atoms with van der Waals surface area (Å²) in [4.78, 5) is 13.2. The van der Waals surface area contributed by atoms with Gasteiger partial charge in [-0.3, -0.25) is 4.57 Å². The van der Waals surface area contributed by atoms with Crippen LogP contribution in [0.4, 0.5) is 5.82 Å². The highest BCUT2D eigenvalue weighted by Gasteiger charge is 2.44. The molecule has 1 saturated heterocycles. The molecule has 1 aliphatic rings. The van der Waals surface area contributed by atoms with Crippen LogP contribution in [0.2, 0.25) is 0 Å². The number of imidazole rings is 1. The fourth-order valence-electron chi connectivity index (χ4n) is 4.73. The summed E-state index contributed by atoms with van der Waals surface area (Å²) in [5, 5.41) is 33.5. The van der Waals surface area contributed by atoms with Crippen molar-refractivity contribution in [2.24, 2.45) is 0 Å². The molecule has 3 heterocycles. The quantitative estimate of drug-likeness (QED) is 0.258. The summed E-state index contributed by atoms with van der Waals surface area (Å²) in [6.45, 7) is 2.11. The zero-order valence-electron chi connectivity index (χ0n) is 21.4. The fourth-order valence-corrected chi connectivity index (χ4v) is 4.73. The highest BCUT2D eigenvalue weighted by atomic mass is 16.6. The molecule has 4 N–H and O–H groups in total. The first-order valence-electron chi connectivity index (χ1n) is 12.3. The number of methoxy groups -OCH3 is 2. The molecule has 4 aromatic rings. The summed E-state index contributed by atoms with van der Waals surface area (Å²) >= 11 is 0. The van der Waals surface area contributed by atoms with E-state index in [9.17, 15) is 15.3 Å². The molecule has 0 aliphatic carbocycles. The minimum Gasteiger partial charge on any atom is -0.497 e. The van der Waals surface area contributed by atoms with Crippen LogP contribution in [0.25, 0.3) is 11.2 Å². The lowest BCUT2D eigenvalue weighted by atomic mass is 9.90. The second kappa shape index (κ2) is 10.9. The topological polar surface area (TPSA) is 144 Å². The van der Waals surface area contributed by atoms with Crippen LogP contribution in [0, 0.1) is 6.92 Å². The zero-order chi connectivity index (χ0) is 26.8. The number of aliphatic hydroxyl groups is 3. The van der Waals surface area contributed by atoms with Crippen molar-refractivity contribution in [2.75, 3.05) is 32.7 Å². The Bertz CT molecular complexity index is 1370. The monoisotopic (exact) mass is 521 g/mol. The summed E-state index contributed by atoms with van der Waals surface area (Å²) in [5.41, 5.74) is 4.17. The molecule has 1 fully saturated rings. The van der Waals surface area contributed by atoms with Gasteiger partial charge in [-0.15, -0.1) is 0 Å². The summed E-state index contributed by atoms with van der Waals surface area (Å²) in [6.07, 6.45) is -1.43. The van der Waals surface area contributed by atoms with E-state index in [1.165, 1.54) is 17.2 Å². The van der Waals surface area contributed by atoms with E-state index in [0.717, 1.165) is 16.7 Å².